The average Bonchev–Trinajstić information content (AvgIpc) is 2.76. The normalized spacial score (nSPS) is 19.0. The summed E-state index contributed by atoms with van der Waals surface area (Å²) in [6.45, 7) is 11.6. The van der Waals surface area contributed by atoms with Gasteiger partial charge in [0.25, 0.3) is 0 Å². The molecule has 172 valence electrons. The lowest BCUT2D eigenvalue weighted by molar-refractivity contribution is 0.248. The number of nitrogens with zero attached hydrogens (tertiary/aromatic N) is 1. The molecule has 0 bridgehead atoms. The van der Waals surface area contributed by atoms with Gasteiger partial charge in [-0.3, -0.25) is 0 Å². The standard InChI is InChI=1S/C29H46N2/c1-8-17-29(5,9-2)18-12-10-11-14-25-15-13-16-26(19-25)27-20-28(23(3)21-30-6)24(4)31(7)22-27/h13,15-16,19-22,24,30H,8-12,14,17-18H2,1-7H3/b23-21-. The van der Waals surface area contributed by atoms with Crippen molar-refractivity contribution in [2.24, 2.45) is 5.41 Å². The fourth-order valence-corrected chi connectivity index (χ4v) is 4.82. The van der Waals surface area contributed by atoms with Gasteiger partial charge >= 0.3 is 0 Å². The van der Waals surface area contributed by atoms with E-state index < -0.39 is 0 Å². The van der Waals surface area contributed by atoms with E-state index in [1.807, 2.05) is 7.05 Å². The molecule has 0 radical (unpaired) electrons. The van der Waals surface area contributed by atoms with Gasteiger partial charge in [-0.2, -0.15) is 0 Å². The van der Waals surface area contributed by atoms with Gasteiger partial charge in [0.15, 0.2) is 0 Å². The van der Waals surface area contributed by atoms with Crippen molar-refractivity contribution < 1.29 is 0 Å². The highest BCUT2D eigenvalue weighted by Gasteiger charge is 2.21. The second-order valence-corrected chi connectivity index (χ2v) is 9.82. The number of allylic oxidation sites excluding steroid dienone is 2. The first kappa shape index (κ1) is 25.3. The Bertz CT molecular complexity index is 786. The van der Waals surface area contributed by atoms with Gasteiger partial charge in [-0.1, -0.05) is 70.7 Å². The highest BCUT2D eigenvalue weighted by Crippen LogP contribution is 2.34. The van der Waals surface area contributed by atoms with Crippen molar-refractivity contribution in [3.8, 4) is 0 Å². The third kappa shape index (κ3) is 7.30. The lowest BCUT2D eigenvalue weighted by atomic mass is 9.78. The summed E-state index contributed by atoms with van der Waals surface area (Å²) >= 11 is 0. The molecule has 1 heterocycles. The maximum atomic E-state index is 3.18. The Morgan fingerprint density at radius 2 is 1.94 bits per heavy atom. The number of aryl methyl sites for hydroxylation is 1. The Labute approximate surface area is 192 Å². The molecule has 0 aliphatic carbocycles. The highest BCUT2D eigenvalue weighted by atomic mass is 15.1. The molecule has 0 spiro atoms. The first-order chi connectivity index (χ1) is 14.8. The van der Waals surface area contributed by atoms with Gasteiger partial charge in [0.2, 0.25) is 0 Å². The van der Waals surface area contributed by atoms with Crippen LogP contribution in [0.15, 0.2) is 53.9 Å². The van der Waals surface area contributed by atoms with E-state index in [9.17, 15) is 0 Å². The van der Waals surface area contributed by atoms with E-state index in [1.54, 1.807) is 0 Å². The van der Waals surface area contributed by atoms with Crippen molar-refractivity contribution in [3.63, 3.8) is 0 Å². The summed E-state index contributed by atoms with van der Waals surface area (Å²) in [5, 5.41) is 3.18. The number of benzene rings is 1. The molecule has 0 aromatic heterocycles. The number of rotatable bonds is 12. The van der Waals surface area contributed by atoms with Crippen LogP contribution >= 0.6 is 0 Å². The van der Waals surface area contributed by atoms with Crippen LogP contribution in [-0.2, 0) is 6.42 Å². The minimum absolute atomic E-state index is 0.387. The molecule has 1 aromatic carbocycles. The number of likely N-dealkylation sites (N-methyl/N-ethyl adjacent to an activating group) is 1. The van der Waals surface area contributed by atoms with Crippen LogP contribution in [-0.4, -0.2) is 25.0 Å². The first-order valence-electron chi connectivity index (χ1n) is 12.4. The molecule has 0 saturated carbocycles. The Balaban J connectivity index is 2.00. The van der Waals surface area contributed by atoms with Crippen molar-refractivity contribution in [3.05, 3.63) is 65.0 Å². The number of hydrogen-bond donors (Lipinski definition) is 1. The SMILES string of the molecule is CCCC(C)(CC)CCCCCc1cccc(C2=CN(C)C(C)C(/C(C)=C\NC)=C2)c1. The monoisotopic (exact) mass is 422 g/mol. The van der Waals surface area contributed by atoms with E-state index in [2.05, 4.69) is 94.6 Å². The number of unbranched alkanes of at least 4 members (excludes halogenated alkanes) is 2. The third-order valence-corrected chi connectivity index (χ3v) is 7.24. The summed E-state index contributed by atoms with van der Waals surface area (Å²) in [5.74, 6) is 0. The van der Waals surface area contributed by atoms with Crippen molar-refractivity contribution >= 4 is 5.57 Å². The fourth-order valence-electron chi connectivity index (χ4n) is 4.82. The van der Waals surface area contributed by atoms with Crippen molar-refractivity contribution in [1.29, 1.82) is 0 Å². The van der Waals surface area contributed by atoms with E-state index >= 15 is 0 Å². The van der Waals surface area contributed by atoms with E-state index in [0.29, 0.717) is 11.5 Å². The predicted molar refractivity (Wildman–Crippen MR) is 138 cm³/mol. The fraction of sp³-hybridized carbons (Fsp3) is 0.586. The van der Waals surface area contributed by atoms with E-state index in [1.165, 1.54) is 79.2 Å². The van der Waals surface area contributed by atoms with Gasteiger partial charge < -0.3 is 10.2 Å². The summed E-state index contributed by atoms with van der Waals surface area (Å²) in [6.07, 6.45) is 17.3. The third-order valence-electron chi connectivity index (χ3n) is 7.24. The van der Waals surface area contributed by atoms with Gasteiger partial charge in [-0.15, -0.1) is 0 Å². The van der Waals surface area contributed by atoms with Gasteiger partial charge in [0.1, 0.15) is 0 Å². The molecule has 2 nitrogen and oxygen atoms in total. The second kappa shape index (κ2) is 12.2. The minimum Gasteiger partial charge on any atom is -0.394 e. The van der Waals surface area contributed by atoms with Crippen LogP contribution in [0.5, 0.6) is 0 Å². The molecule has 2 heteroatoms. The number of nitrogens with one attached hydrogen (secondary N) is 1. The zero-order chi connectivity index (χ0) is 22.9. The van der Waals surface area contributed by atoms with E-state index in [4.69, 9.17) is 0 Å². The summed E-state index contributed by atoms with van der Waals surface area (Å²) in [7, 11) is 4.14. The van der Waals surface area contributed by atoms with Crippen LogP contribution in [0.1, 0.15) is 90.7 Å². The van der Waals surface area contributed by atoms with Crippen molar-refractivity contribution in [1.82, 2.24) is 10.2 Å². The van der Waals surface area contributed by atoms with Gasteiger partial charge in [0, 0.05) is 20.3 Å². The predicted octanol–water partition coefficient (Wildman–Crippen LogP) is 7.73. The largest absolute Gasteiger partial charge is 0.394 e. The van der Waals surface area contributed by atoms with Crippen molar-refractivity contribution in [2.75, 3.05) is 14.1 Å². The molecule has 0 amide bonds. The zero-order valence-corrected chi connectivity index (χ0v) is 21.2. The molecule has 2 atom stereocenters. The van der Waals surface area contributed by atoms with Gasteiger partial charge in [-0.05, 0) is 85.1 Å². The highest BCUT2D eigenvalue weighted by molar-refractivity contribution is 5.77. The Hall–Kier alpha value is -1.96. The van der Waals surface area contributed by atoms with Crippen LogP contribution in [0.3, 0.4) is 0 Å². The number of hydrogen-bond acceptors (Lipinski definition) is 2. The molecule has 31 heavy (non-hydrogen) atoms. The quantitative estimate of drug-likeness (QED) is 0.347. The summed E-state index contributed by atoms with van der Waals surface area (Å²) in [6, 6.07) is 9.56. The molecular formula is C29H46N2. The molecule has 1 aromatic rings. The molecule has 2 rings (SSSR count). The molecule has 1 aliphatic heterocycles. The molecular weight excluding hydrogens is 376 g/mol. The van der Waals surface area contributed by atoms with E-state index in [-0.39, 0.29) is 0 Å². The molecule has 1 N–H and O–H groups in total. The summed E-state index contributed by atoms with van der Waals surface area (Å²) in [4.78, 5) is 2.32. The Morgan fingerprint density at radius 1 is 1.16 bits per heavy atom. The van der Waals surface area contributed by atoms with Crippen LogP contribution < -0.4 is 5.32 Å². The Kier molecular flexibility index (Phi) is 9.93. The van der Waals surface area contributed by atoms with Crippen LogP contribution in [0.25, 0.3) is 5.57 Å². The minimum atomic E-state index is 0.387. The molecule has 2 unspecified atom stereocenters. The first-order valence-corrected chi connectivity index (χ1v) is 12.4. The van der Waals surface area contributed by atoms with Gasteiger partial charge in [-0.25, -0.2) is 0 Å². The average molecular weight is 423 g/mol. The Morgan fingerprint density at radius 3 is 2.61 bits per heavy atom. The van der Waals surface area contributed by atoms with Gasteiger partial charge in [0.05, 0.1) is 6.04 Å². The molecule has 0 saturated heterocycles. The lowest BCUT2D eigenvalue weighted by Gasteiger charge is -2.31. The second-order valence-electron chi connectivity index (χ2n) is 9.82. The maximum absolute atomic E-state index is 3.18. The van der Waals surface area contributed by atoms with E-state index in [0.717, 1.165) is 0 Å². The molecule has 0 fully saturated rings. The lowest BCUT2D eigenvalue weighted by Crippen LogP contribution is -2.29. The summed E-state index contributed by atoms with van der Waals surface area (Å²) < 4.78 is 0. The summed E-state index contributed by atoms with van der Waals surface area (Å²) in [5.41, 5.74) is 7.32. The van der Waals surface area contributed by atoms with Crippen LogP contribution in [0.2, 0.25) is 0 Å². The van der Waals surface area contributed by atoms with Crippen molar-refractivity contribution in [2.45, 2.75) is 92.0 Å². The maximum Gasteiger partial charge on any atom is 0.0509 e. The molecule has 1 aliphatic rings. The van der Waals surface area contributed by atoms with Crippen LogP contribution in [0, 0.1) is 5.41 Å². The van der Waals surface area contributed by atoms with Crippen LogP contribution in [0.4, 0.5) is 0 Å². The topological polar surface area (TPSA) is 15.3 Å². The smallest absolute Gasteiger partial charge is 0.0509 e. The zero-order valence-electron chi connectivity index (χ0n) is 21.2.